The molecule has 1 N–H and O–H groups in total. The SMILES string of the molecule is COc1ccc(-n2ncc(-c3cc(C(=O)NC[C@H]4CCCO4)c4cc(C)ccc4n3)c2C)cc1. The van der Waals surface area contributed by atoms with E-state index in [-0.39, 0.29) is 12.0 Å². The third-order valence-electron chi connectivity index (χ3n) is 6.33. The van der Waals surface area contributed by atoms with Gasteiger partial charge in [0.1, 0.15) is 5.75 Å². The average molecular weight is 457 g/mol. The van der Waals surface area contributed by atoms with E-state index in [1.165, 1.54) is 0 Å². The minimum atomic E-state index is -0.116. The highest BCUT2D eigenvalue weighted by Crippen LogP contribution is 2.29. The van der Waals surface area contributed by atoms with E-state index < -0.39 is 0 Å². The Kier molecular flexibility index (Phi) is 6.02. The Hall–Kier alpha value is -3.71. The molecule has 4 aromatic rings. The van der Waals surface area contributed by atoms with E-state index in [1.54, 1.807) is 13.3 Å². The Bertz CT molecular complexity index is 1340. The van der Waals surface area contributed by atoms with Crippen LogP contribution in [-0.2, 0) is 4.74 Å². The van der Waals surface area contributed by atoms with Gasteiger partial charge in [-0.3, -0.25) is 4.79 Å². The average Bonchev–Trinajstić information content (AvgIpc) is 3.52. The van der Waals surface area contributed by atoms with Gasteiger partial charge in [-0.1, -0.05) is 11.6 Å². The summed E-state index contributed by atoms with van der Waals surface area (Å²) in [4.78, 5) is 18.1. The van der Waals surface area contributed by atoms with Crippen molar-refractivity contribution in [2.75, 3.05) is 20.3 Å². The number of hydrogen-bond acceptors (Lipinski definition) is 5. The molecule has 0 spiro atoms. The Morgan fingerprint density at radius 1 is 1.18 bits per heavy atom. The Morgan fingerprint density at radius 2 is 2.00 bits per heavy atom. The van der Waals surface area contributed by atoms with E-state index in [1.807, 2.05) is 67.1 Å². The van der Waals surface area contributed by atoms with Gasteiger partial charge < -0.3 is 14.8 Å². The van der Waals surface area contributed by atoms with Gasteiger partial charge in [0.25, 0.3) is 5.91 Å². The summed E-state index contributed by atoms with van der Waals surface area (Å²) in [6, 6.07) is 15.6. The van der Waals surface area contributed by atoms with Crippen LogP contribution < -0.4 is 10.1 Å². The standard InChI is InChI=1S/C27H28N4O3/c1-17-6-11-25-22(13-17)23(27(32)28-15-21-5-4-12-34-21)14-26(30-25)24-16-29-31(18(24)2)19-7-9-20(33-3)10-8-19/h6-11,13-14,16,21H,4-5,12,15H2,1-3H3,(H,28,32)/t21-/m1/s1. The summed E-state index contributed by atoms with van der Waals surface area (Å²) >= 11 is 0. The maximum atomic E-state index is 13.3. The molecule has 0 radical (unpaired) electrons. The molecule has 0 bridgehead atoms. The van der Waals surface area contributed by atoms with Gasteiger partial charge in [-0.05, 0) is 69.2 Å². The molecule has 7 heteroatoms. The van der Waals surface area contributed by atoms with Gasteiger partial charge in [-0.2, -0.15) is 5.10 Å². The van der Waals surface area contributed by atoms with Crippen molar-refractivity contribution in [3.05, 3.63) is 71.5 Å². The zero-order valence-electron chi connectivity index (χ0n) is 19.7. The molecule has 2 aromatic heterocycles. The molecule has 0 unspecified atom stereocenters. The topological polar surface area (TPSA) is 78.3 Å². The maximum Gasteiger partial charge on any atom is 0.252 e. The van der Waals surface area contributed by atoms with Gasteiger partial charge in [0.2, 0.25) is 0 Å². The lowest BCUT2D eigenvalue weighted by Gasteiger charge is -2.14. The molecule has 1 aliphatic rings. The molecular formula is C27H28N4O3. The number of pyridine rings is 1. The van der Waals surface area contributed by atoms with Crippen molar-refractivity contribution in [2.45, 2.75) is 32.8 Å². The number of nitrogens with zero attached hydrogens (tertiary/aromatic N) is 3. The molecule has 1 saturated heterocycles. The summed E-state index contributed by atoms with van der Waals surface area (Å²) in [5.41, 5.74) is 5.94. The summed E-state index contributed by atoms with van der Waals surface area (Å²) in [7, 11) is 1.65. The first-order valence-corrected chi connectivity index (χ1v) is 11.5. The number of fused-ring (bicyclic) bond motifs is 1. The fourth-order valence-corrected chi connectivity index (χ4v) is 4.42. The van der Waals surface area contributed by atoms with Crippen LogP contribution in [0.2, 0.25) is 0 Å². The van der Waals surface area contributed by atoms with Crippen LogP contribution in [0.25, 0.3) is 27.8 Å². The summed E-state index contributed by atoms with van der Waals surface area (Å²) in [6.07, 6.45) is 3.91. The van der Waals surface area contributed by atoms with Crippen LogP contribution >= 0.6 is 0 Å². The van der Waals surface area contributed by atoms with Crippen molar-refractivity contribution in [1.29, 1.82) is 0 Å². The first kappa shape index (κ1) is 22.1. The van der Waals surface area contributed by atoms with Crippen LogP contribution in [0.4, 0.5) is 0 Å². The van der Waals surface area contributed by atoms with Gasteiger partial charge in [0, 0.05) is 24.1 Å². The van der Waals surface area contributed by atoms with Crippen molar-refractivity contribution in [1.82, 2.24) is 20.1 Å². The van der Waals surface area contributed by atoms with Crippen molar-refractivity contribution >= 4 is 16.8 Å². The number of carbonyl (C=O) groups excluding carboxylic acids is 1. The quantitative estimate of drug-likeness (QED) is 0.458. The third kappa shape index (κ3) is 4.26. The van der Waals surface area contributed by atoms with Gasteiger partial charge in [-0.25, -0.2) is 9.67 Å². The van der Waals surface area contributed by atoms with Crippen molar-refractivity contribution in [3.8, 4) is 22.7 Å². The largest absolute Gasteiger partial charge is 0.497 e. The Balaban J connectivity index is 1.53. The molecule has 1 aliphatic heterocycles. The minimum absolute atomic E-state index is 0.0863. The normalized spacial score (nSPS) is 15.6. The molecular weight excluding hydrogens is 428 g/mol. The summed E-state index contributed by atoms with van der Waals surface area (Å²) < 4.78 is 12.8. The Morgan fingerprint density at radius 3 is 2.74 bits per heavy atom. The molecule has 3 heterocycles. The van der Waals surface area contributed by atoms with Crippen LogP contribution in [0.5, 0.6) is 5.75 Å². The zero-order valence-corrected chi connectivity index (χ0v) is 19.7. The fourth-order valence-electron chi connectivity index (χ4n) is 4.42. The highest BCUT2D eigenvalue weighted by Gasteiger charge is 2.20. The molecule has 1 atom stereocenters. The number of nitrogens with one attached hydrogen (secondary N) is 1. The lowest BCUT2D eigenvalue weighted by molar-refractivity contribution is 0.0859. The lowest BCUT2D eigenvalue weighted by atomic mass is 10.0. The van der Waals surface area contributed by atoms with E-state index in [0.717, 1.165) is 64.3 Å². The van der Waals surface area contributed by atoms with E-state index in [9.17, 15) is 4.79 Å². The lowest BCUT2D eigenvalue weighted by Crippen LogP contribution is -2.32. The van der Waals surface area contributed by atoms with E-state index >= 15 is 0 Å². The number of carbonyl (C=O) groups is 1. The Labute approximate surface area is 198 Å². The summed E-state index contributed by atoms with van der Waals surface area (Å²) in [6.45, 7) is 5.30. The zero-order chi connectivity index (χ0) is 23.7. The van der Waals surface area contributed by atoms with Gasteiger partial charge in [0.05, 0.1) is 47.6 Å². The van der Waals surface area contributed by atoms with Crippen molar-refractivity contribution < 1.29 is 14.3 Å². The van der Waals surface area contributed by atoms with Gasteiger partial charge in [0.15, 0.2) is 0 Å². The van der Waals surface area contributed by atoms with Crippen LogP contribution in [0.15, 0.2) is 54.7 Å². The van der Waals surface area contributed by atoms with Crippen LogP contribution in [-0.4, -0.2) is 47.0 Å². The summed E-state index contributed by atoms with van der Waals surface area (Å²) in [5, 5.41) is 8.50. The molecule has 0 saturated carbocycles. The second-order valence-electron chi connectivity index (χ2n) is 8.67. The van der Waals surface area contributed by atoms with Crippen LogP contribution in [0.3, 0.4) is 0 Å². The molecule has 34 heavy (non-hydrogen) atoms. The maximum absolute atomic E-state index is 13.3. The minimum Gasteiger partial charge on any atom is -0.497 e. The van der Waals surface area contributed by atoms with Gasteiger partial charge >= 0.3 is 0 Å². The van der Waals surface area contributed by atoms with Crippen molar-refractivity contribution in [3.63, 3.8) is 0 Å². The van der Waals surface area contributed by atoms with Gasteiger partial charge in [-0.15, -0.1) is 0 Å². The number of amides is 1. The predicted molar refractivity (Wildman–Crippen MR) is 132 cm³/mol. The first-order valence-electron chi connectivity index (χ1n) is 11.5. The van der Waals surface area contributed by atoms with E-state index in [4.69, 9.17) is 14.5 Å². The number of benzene rings is 2. The third-order valence-corrected chi connectivity index (χ3v) is 6.33. The molecule has 1 fully saturated rings. The molecule has 7 nitrogen and oxygen atoms in total. The molecule has 2 aromatic carbocycles. The number of aromatic nitrogens is 3. The molecule has 5 rings (SSSR count). The van der Waals surface area contributed by atoms with Crippen LogP contribution in [0.1, 0.15) is 34.5 Å². The number of ether oxygens (including phenoxy) is 2. The number of methoxy groups -OCH3 is 1. The number of rotatable bonds is 6. The van der Waals surface area contributed by atoms with E-state index in [0.29, 0.717) is 12.1 Å². The highest BCUT2D eigenvalue weighted by atomic mass is 16.5. The molecule has 0 aliphatic carbocycles. The second-order valence-corrected chi connectivity index (χ2v) is 8.67. The van der Waals surface area contributed by atoms with Crippen molar-refractivity contribution in [2.24, 2.45) is 0 Å². The second kappa shape index (κ2) is 9.27. The fraction of sp³-hybridized carbons (Fsp3) is 0.296. The highest BCUT2D eigenvalue weighted by molar-refractivity contribution is 6.07. The van der Waals surface area contributed by atoms with E-state index in [2.05, 4.69) is 10.4 Å². The predicted octanol–water partition coefficient (Wildman–Crippen LogP) is 4.62. The number of aryl methyl sites for hydroxylation is 1. The monoisotopic (exact) mass is 456 g/mol. The summed E-state index contributed by atoms with van der Waals surface area (Å²) in [5.74, 6) is 0.675. The smallest absolute Gasteiger partial charge is 0.252 e. The van der Waals surface area contributed by atoms with Crippen LogP contribution in [0, 0.1) is 13.8 Å². The first-order chi connectivity index (χ1) is 16.5. The number of hydrogen-bond donors (Lipinski definition) is 1. The molecule has 174 valence electrons. The molecule has 1 amide bonds.